The number of benzene rings is 1. The summed E-state index contributed by atoms with van der Waals surface area (Å²) < 4.78 is 27.1. The summed E-state index contributed by atoms with van der Waals surface area (Å²) >= 11 is 12.1. The Labute approximate surface area is 154 Å². The van der Waals surface area contributed by atoms with Gasteiger partial charge in [-0.3, -0.25) is 0 Å². The van der Waals surface area contributed by atoms with Crippen LogP contribution in [0.5, 0.6) is 0 Å². The van der Waals surface area contributed by atoms with Crippen molar-refractivity contribution in [2.75, 3.05) is 45.8 Å². The van der Waals surface area contributed by atoms with E-state index in [1.165, 1.54) is 23.2 Å². The predicted octanol–water partition coefficient (Wildman–Crippen LogP) is 2.30. The highest BCUT2D eigenvalue weighted by Crippen LogP contribution is 2.31. The first-order valence-electron chi connectivity index (χ1n) is 8.36. The standard InChI is InChI=1S/C16H23Cl2N3O2S/c17-14-4-1-5-15(16(14)18)24(22,23)21-9-7-20(8-10-21)12-13-3-2-6-19-11-13/h1,4-5,13,19H,2-3,6-12H2. The summed E-state index contributed by atoms with van der Waals surface area (Å²) in [6.45, 7) is 5.72. The molecule has 2 heterocycles. The highest BCUT2D eigenvalue weighted by molar-refractivity contribution is 7.89. The first kappa shape index (κ1) is 18.4. The van der Waals surface area contributed by atoms with Gasteiger partial charge in [0.1, 0.15) is 4.90 Å². The molecule has 0 radical (unpaired) electrons. The summed E-state index contributed by atoms with van der Waals surface area (Å²) in [5, 5.41) is 3.80. The molecular weight excluding hydrogens is 369 g/mol. The van der Waals surface area contributed by atoms with Crippen molar-refractivity contribution in [2.45, 2.75) is 17.7 Å². The molecule has 1 N–H and O–H groups in total. The Morgan fingerprint density at radius 1 is 1.17 bits per heavy atom. The normalized spacial score (nSPS) is 24.2. The summed E-state index contributed by atoms with van der Waals surface area (Å²) in [7, 11) is -3.59. The quantitative estimate of drug-likeness (QED) is 0.855. The monoisotopic (exact) mass is 391 g/mol. The first-order valence-corrected chi connectivity index (χ1v) is 10.6. The van der Waals surface area contributed by atoms with E-state index in [9.17, 15) is 8.42 Å². The van der Waals surface area contributed by atoms with Gasteiger partial charge in [0.15, 0.2) is 0 Å². The Bertz CT molecular complexity index is 670. The molecule has 0 aliphatic carbocycles. The SMILES string of the molecule is O=S(=O)(c1cccc(Cl)c1Cl)N1CCN(CC2CCCNC2)CC1. The molecule has 0 spiro atoms. The molecule has 1 unspecified atom stereocenters. The lowest BCUT2D eigenvalue weighted by Crippen LogP contribution is -2.50. The van der Waals surface area contributed by atoms with E-state index in [0.717, 1.165) is 32.7 Å². The molecule has 2 aliphatic heterocycles. The number of sulfonamides is 1. The van der Waals surface area contributed by atoms with Gasteiger partial charge in [0.2, 0.25) is 10.0 Å². The van der Waals surface area contributed by atoms with Crippen LogP contribution in [0.4, 0.5) is 0 Å². The van der Waals surface area contributed by atoms with Crippen molar-refractivity contribution in [3.63, 3.8) is 0 Å². The lowest BCUT2D eigenvalue weighted by atomic mass is 9.99. The van der Waals surface area contributed by atoms with Crippen LogP contribution in [0, 0.1) is 5.92 Å². The zero-order chi connectivity index (χ0) is 17.2. The number of piperidine rings is 1. The van der Waals surface area contributed by atoms with Crippen molar-refractivity contribution in [3.05, 3.63) is 28.2 Å². The van der Waals surface area contributed by atoms with E-state index in [1.54, 1.807) is 12.1 Å². The molecule has 2 fully saturated rings. The van der Waals surface area contributed by atoms with Crippen LogP contribution >= 0.6 is 23.2 Å². The van der Waals surface area contributed by atoms with E-state index in [1.807, 2.05) is 0 Å². The van der Waals surface area contributed by atoms with Crippen molar-refractivity contribution in [2.24, 2.45) is 5.92 Å². The van der Waals surface area contributed by atoms with Gasteiger partial charge in [0, 0.05) is 32.7 Å². The molecule has 0 amide bonds. The van der Waals surface area contributed by atoms with Crippen molar-refractivity contribution in [1.82, 2.24) is 14.5 Å². The van der Waals surface area contributed by atoms with E-state index in [4.69, 9.17) is 23.2 Å². The molecule has 1 aromatic rings. The number of halogens is 2. The molecule has 2 aliphatic rings. The number of piperazine rings is 1. The van der Waals surface area contributed by atoms with Crippen LogP contribution in [0.3, 0.4) is 0 Å². The number of hydrogen-bond donors (Lipinski definition) is 1. The zero-order valence-electron chi connectivity index (χ0n) is 13.5. The maximum atomic E-state index is 12.8. The fourth-order valence-corrected chi connectivity index (χ4v) is 5.58. The Balaban J connectivity index is 1.62. The van der Waals surface area contributed by atoms with Crippen molar-refractivity contribution in [3.8, 4) is 0 Å². The maximum absolute atomic E-state index is 12.8. The van der Waals surface area contributed by atoms with Gasteiger partial charge in [-0.25, -0.2) is 8.42 Å². The summed E-state index contributed by atoms with van der Waals surface area (Å²) in [4.78, 5) is 2.46. The van der Waals surface area contributed by atoms with E-state index in [2.05, 4.69) is 10.2 Å². The Kier molecular flexibility index (Phi) is 6.06. The molecule has 134 valence electrons. The number of nitrogens with zero attached hydrogens (tertiary/aromatic N) is 2. The molecule has 0 aromatic heterocycles. The minimum atomic E-state index is -3.59. The van der Waals surface area contributed by atoms with Crippen LogP contribution < -0.4 is 5.32 Å². The summed E-state index contributed by atoms with van der Waals surface area (Å²) in [5.41, 5.74) is 0. The van der Waals surface area contributed by atoms with E-state index >= 15 is 0 Å². The molecule has 24 heavy (non-hydrogen) atoms. The third-order valence-corrected chi connectivity index (χ3v) is 7.65. The second-order valence-electron chi connectivity index (χ2n) is 6.47. The van der Waals surface area contributed by atoms with Gasteiger partial charge in [0.05, 0.1) is 10.0 Å². The average Bonchev–Trinajstić information content (AvgIpc) is 2.58. The van der Waals surface area contributed by atoms with E-state index < -0.39 is 10.0 Å². The largest absolute Gasteiger partial charge is 0.316 e. The minimum Gasteiger partial charge on any atom is -0.316 e. The summed E-state index contributed by atoms with van der Waals surface area (Å²) in [6.07, 6.45) is 2.48. The molecule has 8 heteroatoms. The van der Waals surface area contributed by atoms with Crippen molar-refractivity contribution < 1.29 is 8.42 Å². The number of hydrogen-bond acceptors (Lipinski definition) is 4. The smallest absolute Gasteiger partial charge is 0.244 e. The lowest BCUT2D eigenvalue weighted by Gasteiger charge is -2.36. The second kappa shape index (κ2) is 7.89. The van der Waals surface area contributed by atoms with Gasteiger partial charge >= 0.3 is 0 Å². The predicted molar refractivity (Wildman–Crippen MR) is 97.3 cm³/mol. The molecule has 0 saturated carbocycles. The zero-order valence-corrected chi connectivity index (χ0v) is 15.9. The Hall–Kier alpha value is -0.370. The first-order chi connectivity index (χ1) is 11.5. The highest BCUT2D eigenvalue weighted by atomic mass is 35.5. The van der Waals surface area contributed by atoms with Gasteiger partial charge in [-0.2, -0.15) is 4.31 Å². The van der Waals surface area contributed by atoms with E-state index in [0.29, 0.717) is 19.0 Å². The summed E-state index contributed by atoms with van der Waals surface area (Å²) in [5.74, 6) is 0.671. The minimum absolute atomic E-state index is 0.0987. The van der Waals surface area contributed by atoms with Crippen molar-refractivity contribution in [1.29, 1.82) is 0 Å². The van der Waals surface area contributed by atoms with Crippen molar-refractivity contribution >= 4 is 33.2 Å². The Morgan fingerprint density at radius 2 is 1.92 bits per heavy atom. The van der Waals surface area contributed by atoms with Crippen LogP contribution in [0.15, 0.2) is 23.1 Å². The highest BCUT2D eigenvalue weighted by Gasteiger charge is 2.31. The molecule has 5 nitrogen and oxygen atoms in total. The van der Waals surface area contributed by atoms with Crippen LogP contribution in [-0.2, 0) is 10.0 Å². The molecule has 2 saturated heterocycles. The molecular formula is C16H23Cl2N3O2S. The third kappa shape index (κ3) is 4.06. The van der Waals surface area contributed by atoms with Gasteiger partial charge in [-0.1, -0.05) is 29.3 Å². The molecule has 0 bridgehead atoms. The fraction of sp³-hybridized carbons (Fsp3) is 0.625. The second-order valence-corrected chi connectivity index (χ2v) is 9.16. The third-order valence-electron chi connectivity index (χ3n) is 4.78. The van der Waals surface area contributed by atoms with Gasteiger partial charge in [-0.05, 0) is 44.0 Å². The van der Waals surface area contributed by atoms with Crippen LogP contribution in [0.1, 0.15) is 12.8 Å². The van der Waals surface area contributed by atoms with Crippen LogP contribution in [-0.4, -0.2) is 63.4 Å². The lowest BCUT2D eigenvalue weighted by molar-refractivity contribution is 0.154. The number of rotatable bonds is 4. The van der Waals surface area contributed by atoms with Gasteiger partial charge in [-0.15, -0.1) is 0 Å². The molecule has 1 aromatic carbocycles. The average molecular weight is 392 g/mol. The maximum Gasteiger partial charge on any atom is 0.244 e. The van der Waals surface area contributed by atoms with Gasteiger partial charge in [0.25, 0.3) is 0 Å². The van der Waals surface area contributed by atoms with Crippen LogP contribution in [0.2, 0.25) is 10.0 Å². The molecule has 3 rings (SSSR count). The summed E-state index contributed by atoms with van der Waals surface area (Å²) in [6, 6.07) is 4.73. The van der Waals surface area contributed by atoms with E-state index in [-0.39, 0.29) is 14.9 Å². The molecule has 1 atom stereocenters. The van der Waals surface area contributed by atoms with Crippen LogP contribution in [0.25, 0.3) is 0 Å². The van der Waals surface area contributed by atoms with Gasteiger partial charge < -0.3 is 10.2 Å². The number of nitrogens with one attached hydrogen (secondary N) is 1. The Morgan fingerprint density at radius 3 is 2.58 bits per heavy atom. The fourth-order valence-electron chi connectivity index (χ4n) is 3.42. The topological polar surface area (TPSA) is 52.7 Å².